The normalized spacial score (nSPS) is 20.4. The Kier molecular flexibility index (Phi) is 8.47. The van der Waals surface area contributed by atoms with E-state index in [4.69, 9.17) is 0 Å². The topological polar surface area (TPSA) is 55.9 Å². The Morgan fingerprint density at radius 3 is 2.17 bits per heavy atom. The van der Waals surface area contributed by atoms with Gasteiger partial charge in [0, 0.05) is 32.7 Å². The minimum Gasteiger partial charge on any atom is -0.342 e. The molecule has 2 fully saturated rings. The fraction of sp³-hybridized carbons (Fsp3) is 0.533. The van der Waals surface area contributed by atoms with Crippen molar-refractivity contribution in [3.63, 3.8) is 0 Å². The largest absolute Gasteiger partial charge is 0.342 e. The molecule has 2 aromatic rings. The number of rotatable bonds is 9. The maximum atomic E-state index is 13.5. The van der Waals surface area contributed by atoms with Crippen LogP contribution in [0.2, 0.25) is 0 Å². The Bertz CT molecular complexity index is 1010. The van der Waals surface area contributed by atoms with E-state index in [1.807, 2.05) is 25.1 Å². The molecule has 1 unspecified atom stereocenters. The van der Waals surface area contributed by atoms with Gasteiger partial charge in [-0.1, -0.05) is 68.4 Å². The molecule has 1 atom stereocenters. The molecule has 6 nitrogen and oxygen atoms in total. The maximum Gasteiger partial charge on any atom is 0.246 e. The standard InChI is InChI=1S/C30H42N4O2/c1-23(2)20-27-28(35)34(19-18-32(3)4)30(29(36)31-27)14-16-33(17-15-30)22-26-12-10-25(11-13-26)21-24-8-6-5-7-9-24/h5-13,23,27H,14-22H2,1-4H3,(H,31,36). The van der Waals surface area contributed by atoms with E-state index >= 15 is 0 Å². The molecule has 6 heteroatoms. The Hall–Kier alpha value is -2.70. The first-order valence-electron chi connectivity index (χ1n) is 13.4. The van der Waals surface area contributed by atoms with Gasteiger partial charge in [0.05, 0.1) is 0 Å². The molecular formula is C30H42N4O2. The van der Waals surface area contributed by atoms with Crippen molar-refractivity contribution in [2.75, 3.05) is 40.3 Å². The van der Waals surface area contributed by atoms with E-state index < -0.39 is 11.6 Å². The molecule has 0 saturated carbocycles. The summed E-state index contributed by atoms with van der Waals surface area (Å²) in [7, 11) is 4.03. The van der Waals surface area contributed by atoms with Crippen LogP contribution in [0.3, 0.4) is 0 Å². The summed E-state index contributed by atoms with van der Waals surface area (Å²) in [6, 6.07) is 19.0. The average molecular weight is 491 g/mol. The third-order valence-electron chi connectivity index (χ3n) is 7.65. The molecule has 2 aliphatic heterocycles. The fourth-order valence-electron chi connectivity index (χ4n) is 5.56. The van der Waals surface area contributed by atoms with Gasteiger partial charge in [-0.05, 0) is 62.4 Å². The van der Waals surface area contributed by atoms with Crippen LogP contribution in [0, 0.1) is 5.92 Å². The molecule has 2 saturated heterocycles. The van der Waals surface area contributed by atoms with Crippen molar-refractivity contribution in [3.05, 3.63) is 71.3 Å². The Labute approximate surface area is 216 Å². The second kappa shape index (κ2) is 11.6. The molecule has 36 heavy (non-hydrogen) atoms. The molecule has 1 spiro atoms. The maximum absolute atomic E-state index is 13.5. The summed E-state index contributed by atoms with van der Waals surface area (Å²) in [5, 5.41) is 3.10. The summed E-state index contributed by atoms with van der Waals surface area (Å²) in [4.78, 5) is 33.4. The minimum absolute atomic E-state index is 0.0384. The Balaban J connectivity index is 1.39. The lowest BCUT2D eigenvalue weighted by atomic mass is 9.81. The summed E-state index contributed by atoms with van der Waals surface area (Å²) >= 11 is 0. The Morgan fingerprint density at radius 2 is 1.56 bits per heavy atom. The number of likely N-dealkylation sites (N-methyl/N-ethyl adjacent to an activating group) is 1. The van der Waals surface area contributed by atoms with Gasteiger partial charge in [0.2, 0.25) is 11.8 Å². The molecule has 1 N–H and O–H groups in total. The number of piperidine rings is 1. The van der Waals surface area contributed by atoms with Crippen LogP contribution in [-0.4, -0.2) is 78.4 Å². The second-order valence-electron chi connectivity index (χ2n) is 11.2. The van der Waals surface area contributed by atoms with Gasteiger partial charge in [0.15, 0.2) is 0 Å². The van der Waals surface area contributed by atoms with Crippen LogP contribution in [0.5, 0.6) is 0 Å². The SMILES string of the molecule is CC(C)CC1NC(=O)C2(CCN(Cc3ccc(Cc4ccccc4)cc3)CC2)N(CCN(C)C)C1=O. The van der Waals surface area contributed by atoms with Crippen LogP contribution < -0.4 is 5.32 Å². The average Bonchev–Trinajstić information content (AvgIpc) is 2.85. The van der Waals surface area contributed by atoms with E-state index in [2.05, 4.69) is 77.5 Å². The highest BCUT2D eigenvalue weighted by Gasteiger charge is 2.53. The number of nitrogens with zero attached hydrogens (tertiary/aromatic N) is 3. The number of carbonyl (C=O) groups is 2. The smallest absolute Gasteiger partial charge is 0.246 e. The number of piperazine rings is 1. The van der Waals surface area contributed by atoms with Crippen molar-refractivity contribution < 1.29 is 9.59 Å². The van der Waals surface area contributed by atoms with E-state index in [0.717, 1.165) is 32.6 Å². The minimum atomic E-state index is -0.726. The number of carbonyl (C=O) groups excluding carboxylic acids is 2. The number of hydrogen-bond acceptors (Lipinski definition) is 4. The van der Waals surface area contributed by atoms with Gasteiger partial charge in [-0.2, -0.15) is 0 Å². The Morgan fingerprint density at radius 1 is 0.944 bits per heavy atom. The molecule has 4 rings (SSSR count). The molecule has 2 aromatic carbocycles. The summed E-state index contributed by atoms with van der Waals surface area (Å²) in [6.07, 6.45) is 2.99. The molecule has 0 bridgehead atoms. The van der Waals surface area contributed by atoms with Crippen molar-refractivity contribution in [3.8, 4) is 0 Å². The van der Waals surface area contributed by atoms with E-state index in [-0.39, 0.29) is 11.8 Å². The van der Waals surface area contributed by atoms with Crippen LogP contribution >= 0.6 is 0 Å². The van der Waals surface area contributed by atoms with Crippen molar-refractivity contribution in [2.45, 2.75) is 57.7 Å². The zero-order valence-corrected chi connectivity index (χ0v) is 22.4. The molecule has 0 radical (unpaired) electrons. The van der Waals surface area contributed by atoms with Crippen molar-refractivity contribution in [2.24, 2.45) is 5.92 Å². The van der Waals surface area contributed by atoms with E-state index in [1.54, 1.807) is 0 Å². The van der Waals surface area contributed by atoms with Gasteiger partial charge in [-0.3, -0.25) is 14.5 Å². The number of amides is 2. The van der Waals surface area contributed by atoms with Crippen LogP contribution in [-0.2, 0) is 22.6 Å². The predicted molar refractivity (Wildman–Crippen MR) is 145 cm³/mol. The first kappa shape index (κ1) is 26.4. The number of hydrogen-bond donors (Lipinski definition) is 1. The summed E-state index contributed by atoms with van der Waals surface area (Å²) in [5.74, 6) is 0.481. The third-order valence-corrected chi connectivity index (χ3v) is 7.65. The van der Waals surface area contributed by atoms with Gasteiger partial charge in [-0.25, -0.2) is 0 Å². The highest BCUT2D eigenvalue weighted by Crippen LogP contribution is 2.34. The van der Waals surface area contributed by atoms with Crippen molar-refractivity contribution in [1.29, 1.82) is 0 Å². The monoisotopic (exact) mass is 490 g/mol. The molecular weight excluding hydrogens is 448 g/mol. The lowest BCUT2D eigenvalue weighted by Gasteiger charge is -2.52. The molecule has 0 aromatic heterocycles. The molecule has 2 aliphatic rings. The van der Waals surface area contributed by atoms with E-state index in [9.17, 15) is 9.59 Å². The summed E-state index contributed by atoms with van der Waals surface area (Å²) in [5.41, 5.74) is 3.19. The molecule has 2 amide bonds. The highest BCUT2D eigenvalue weighted by atomic mass is 16.2. The second-order valence-corrected chi connectivity index (χ2v) is 11.2. The highest BCUT2D eigenvalue weighted by molar-refractivity contribution is 6.00. The lowest BCUT2D eigenvalue weighted by molar-refractivity contribution is -0.162. The first-order chi connectivity index (χ1) is 17.3. The van der Waals surface area contributed by atoms with Gasteiger partial charge >= 0.3 is 0 Å². The third kappa shape index (κ3) is 6.16. The zero-order chi connectivity index (χ0) is 25.7. The van der Waals surface area contributed by atoms with Gasteiger partial charge in [-0.15, -0.1) is 0 Å². The molecule has 194 valence electrons. The van der Waals surface area contributed by atoms with E-state index in [0.29, 0.717) is 31.7 Å². The summed E-state index contributed by atoms with van der Waals surface area (Å²) in [6.45, 7) is 8.02. The van der Waals surface area contributed by atoms with E-state index in [1.165, 1.54) is 16.7 Å². The van der Waals surface area contributed by atoms with Crippen molar-refractivity contribution in [1.82, 2.24) is 20.0 Å². The van der Waals surface area contributed by atoms with Gasteiger partial charge < -0.3 is 15.1 Å². The van der Waals surface area contributed by atoms with Crippen molar-refractivity contribution >= 4 is 11.8 Å². The van der Waals surface area contributed by atoms with Gasteiger partial charge in [0.25, 0.3) is 0 Å². The lowest BCUT2D eigenvalue weighted by Crippen LogP contribution is -2.73. The van der Waals surface area contributed by atoms with Crippen LogP contribution in [0.15, 0.2) is 54.6 Å². The van der Waals surface area contributed by atoms with Crippen LogP contribution in [0.1, 0.15) is 49.8 Å². The van der Waals surface area contributed by atoms with Crippen LogP contribution in [0.4, 0.5) is 0 Å². The zero-order valence-electron chi connectivity index (χ0n) is 22.4. The fourth-order valence-corrected chi connectivity index (χ4v) is 5.56. The quantitative estimate of drug-likeness (QED) is 0.584. The van der Waals surface area contributed by atoms with Crippen LogP contribution in [0.25, 0.3) is 0 Å². The van der Waals surface area contributed by atoms with Gasteiger partial charge in [0.1, 0.15) is 11.6 Å². The number of likely N-dealkylation sites (tertiary alicyclic amines) is 1. The predicted octanol–water partition coefficient (Wildman–Crippen LogP) is 3.55. The molecule has 0 aliphatic carbocycles. The molecule has 2 heterocycles. The summed E-state index contributed by atoms with van der Waals surface area (Å²) < 4.78 is 0. The number of benzene rings is 2. The first-order valence-corrected chi connectivity index (χ1v) is 13.4. The number of nitrogens with one attached hydrogen (secondary N) is 1.